The largest absolute Gasteiger partial charge is 0.482 e. The highest BCUT2D eigenvalue weighted by Crippen LogP contribution is 2.33. The Hall–Kier alpha value is -2.61. The van der Waals surface area contributed by atoms with Crippen molar-refractivity contribution in [3.63, 3.8) is 0 Å². The fourth-order valence-corrected chi connectivity index (χ4v) is 3.00. The molecule has 1 fully saturated rings. The van der Waals surface area contributed by atoms with Crippen LogP contribution in [0.25, 0.3) is 0 Å². The van der Waals surface area contributed by atoms with Crippen molar-refractivity contribution in [3.05, 3.63) is 23.8 Å². The Morgan fingerprint density at radius 2 is 2.15 bits per heavy atom. The molecule has 1 aromatic rings. The molecule has 26 heavy (non-hydrogen) atoms. The Kier molecular flexibility index (Phi) is 5.41. The van der Waals surface area contributed by atoms with E-state index in [1.54, 1.807) is 32.3 Å². The average Bonchev–Trinajstić information content (AvgIpc) is 3.15. The molecule has 3 amide bonds. The number of nitrogens with zero attached hydrogens (tertiary/aromatic N) is 2. The number of carbonyl (C=O) groups is 3. The number of carbonyl (C=O) groups excluding carboxylic acids is 3. The quantitative estimate of drug-likeness (QED) is 0.821. The topological polar surface area (TPSA) is 88.2 Å². The van der Waals surface area contributed by atoms with Gasteiger partial charge in [0.25, 0.3) is 11.8 Å². The Bertz CT molecular complexity index is 713. The fraction of sp³-hybridized carbons (Fsp3) is 0.500. The molecule has 0 bridgehead atoms. The monoisotopic (exact) mass is 361 g/mol. The van der Waals surface area contributed by atoms with Crippen molar-refractivity contribution < 1.29 is 23.9 Å². The van der Waals surface area contributed by atoms with Crippen molar-refractivity contribution >= 4 is 23.4 Å². The third kappa shape index (κ3) is 3.96. The number of anilines is 1. The van der Waals surface area contributed by atoms with Crippen LogP contribution < -0.4 is 15.0 Å². The Morgan fingerprint density at radius 1 is 1.35 bits per heavy atom. The minimum Gasteiger partial charge on any atom is -0.482 e. The molecule has 0 aliphatic carbocycles. The summed E-state index contributed by atoms with van der Waals surface area (Å²) in [4.78, 5) is 39.5. The van der Waals surface area contributed by atoms with Gasteiger partial charge in [-0.25, -0.2) is 0 Å². The first kappa shape index (κ1) is 18.2. The minimum absolute atomic E-state index is 0.0379. The molecule has 2 heterocycles. The summed E-state index contributed by atoms with van der Waals surface area (Å²) < 4.78 is 10.9. The predicted molar refractivity (Wildman–Crippen MR) is 94.3 cm³/mol. The van der Waals surface area contributed by atoms with E-state index < -0.39 is 0 Å². The number of nitrogens with one attached hydrogen (secondary N) is 1. The molecule has 1 N–H and O–H groups in total. The molecule has 0 saturated carbocycles. The number of fused-ring (bicyclic) bond motifs is 1. The second kappa shape index (κ2) is 7.74. The normalized spacial score (nSPS) is 18.9. The second-order valence-electron chi connectivity index (χ2n) is 6.59. The average molecular weight is 361 g/mol. The Morgan fingerprint density at radius 3 is 2.85 bits per heavy atom. The molecule has 8 nitrogen and oxygen atoms in total. The SMILES string of the molecule is CN(C)C(=O)c1ccc2c(c1)N(CC(=O)NCC1CCCO1)C(=O)CO2. The number of ether oxygens (including phenoxy) is 2. The van der Waals surface area contributed by atoms with Crippen LogP contribution in [0, 0.1) is 0 Å². The summed E-state index contributed by atoms with van der Waals surface area (Å²) in [5, 5.41) is 2.81. The molecule has 3 rings (SSSR count). The molecule has 2 aliphatic rings. The van der Waals surface area contributed by atoms with E-state index in [1.807, 2.05) is 0 Å². The van der Waals surface area contributed by atoms with E-state index in [0.717, 1.165) is 19.4 Å². The summed E-state index contributed by atoms with van der Waals surface area (Å²) in [6.07, 6.45) is 1.96. The fourth-order valence-electron chi connectivity index (χ4n) is 3.00. The third-order valence-electron chi connectivity index (χ3n) is 4.41. The Labute approximate surface area is 152 Å². The molecule has 0 spiro atoms. The van der Waals surface area contributed by atoms with Gasteiger partial charge in [-0.15, -0.1) is 0 Å². The molecule has 2 aliphatic heterocycles. The van der Waals surface area contributed by atoms with Crippen LogP contribution in [-0.2, 0) is 14.3 Å². The van der Waals surface area contributed by atoms with E-state index in [9.17, 15) is 14.4 Å². The molecular weight excluding hydrogens is 338 g/mol. The first-order valence-corrected chi connectivity index (χ1v) is 8.63. The van der Waals surface area contributed by atoms with Crippen LogP contribution >= 0.6 is 0 Å². The number of rotatable bonds is 5. The Balaban J connectivity index is 1.72. The van der Waals surface area contributed by atoms with Gasteiger partial charge in [0.15, 0.2) is 6.61 Å². The van der Waals surface area contributed by atoms with Crippen molar-refractivity contribution in [2.45, 2.75) is 18.9 Å². The molecule has 1 atom stereocenters. The third-order valence-corrected chi connectivity index (χ3v) is 4.41. The zero-order valence-corrected chi connectivity index (χ0v) is 15.0. The van der Waals surface area contributed by atoms with Gasteiger partial charge in [-0.05, 0) is 31.0 Å². The van der Waals surface area contributed by atoms with E-state index in [4.69, 9.17) is 9.47 Å². The summed E-state index contributed by atoms with van der Waals surface area (Å²) in [7, 11) is 3.31. The minimum atomic E-state index is -0.320. The van der Waals surface area contributed by atoms with E-state index in [1.165, 1.54) is 9.80 Å². The molecule has 140 valence electrons. The molecule has 0 radical (unpaired) electrons. The van der Waals surface area contributed by atoms with Gasteiger partial charge in [0, 0.05) is 32.8 Å². The molecule has 0 aromatic heterocycles. The van der Waals surface area contributed by atoms with Gasteiger partial charge in [0.1, 0.15) is 12.3 Å². The smallest absolute Gasteiger partial charge is 0.265 e. The predicted octanol–water partition coefficient (Wildman–Crippen LogP) is 0.409. The first-order valence-electron chi connectivity index (χ1n) is 8.63. The number of benzene rings is 1. The van der Waals surface area contributed by atoms with Crippen LogP contribution in [0.4, 0.5) is 5.69 Å². The zero-order valence-electron chi connectivity index (χ0n) is 15.0. The lowest BCUT2D eigenvalue weighted by Gasteiger charge is -2.29. The van der Waals surface area contributed by atoms with Crippen molar-refractivity contribution in [2.24, 2.45) is 0 Å². The number of hydrogen-bond donors (Lipinski definition) is 1. The lowest BCUT2D eigenvalue weighted by atomic mass is 10.1. The lowest BCUT2D eigenvalue weighted by Crippen LogP contribution is -2.46. The highest BCUT2D eigenvalue weighted by Gasteiger charge is 2.29. The van der Waals surface area contributed by atoms with E-state index in [-0.39, 0.29) is 37.0 Å². The van der Waals surface area contributed by atoms with Crippen LogP contribution in [-0.4, -0.2) is 69.1 Å². The second-order valence-corrected chi connectivity index (χ2v) is 6.59. The van der Waals surface area contributed by atoms with Crippen molar-refractivity contribution in [2.75, 3.05) is 45.3 Å². The molecular formula is C18H23N3O5. The summed E-state index contributed by atoms with van der Waals surface area (Å²) in [5.74, 6) is -0.300. The maximum atomic E-state index is 12.3. The zero-order chi connectivity index (χ0) is 18.7. The van der Waals surface area contributed by atoms with Crippen LogP contribution in [0.3, 0.4) is 0 Å². The van der Waals surface area contributed by atoms with E-state index in [2.05, 4.69) is 5.32 Å². The summed E-state index contributed by atoms with van der Waals surface area (Å²) in [5.41, 5.74) is 0.859. The van der Waals surface area contributed by atoms with Crippen LogP contribution in [0.15, 0.2) is 18.2 Å². The van der Waals surface area contributed by atoms with Gasteiger partial charge < -0.3 is 19.7 Å². The first-order chi connectivity index (χ1) is 12.5. The van der Waals surface area contributed by atoms with Crippen molar-refractivity contribution in [1.82, 2.24) is 10.2 Å². The van der Waals surface area contributed by atoms with Crippen LogP contribution in [0.1, 0.15) is 23.2 Å². The van der Waals surface area contributed by atoms with Gasteiger partial charge in [-0.3, -0.25) is 19.3 Å². The summed E-state index contributed by atoms with van der Waals surface area (Å²) in [6, 6.07) is 4.88. The lowest BCUT2D eigenvalue weighted by molar-refractivity contribution is -0.125. The number of amides is 3. The number of hydrogen-bond acceptors (Lipinski definition) is 5. The maximum absolute atomic E-state index is 12.3. The van der Waals surface area contributed by atoms with Crippen LogP contribution in [0.2, 0.25) is 0 Å². The van der Waals surface area contributed by atoms with E-state index in [0.29, 0.717) is 23.5 Å². The van der Waals surface area contributed by atoms with Crippen molar-refractivity contribution in [3.8, 4) is 5.75 Å². The van der Waals surface area contributed by atoms with Gasteiger partial charge in [0.2, 0.25) is 5.91 Å². The van der Waals surface area contributed by atoms with Gasteiger partial charge in [-0.1, -0.05) is 0 Å². The molecule has 1 unspecified atom stereocenters. The molecule has 1 aromatic carbocycles. The van der Waals surface area contributed by atoms with Crippen molar-refractivity contribution in [1.29, 1.82) is 0 Å². The van der Waals surface area contributed by atoms with Gasteiger partial charge in [0.05, 0.1) is 11.8 Å². The summed E-state index contributed by atoms with van der Waals surface area (Å²) in [6.45, 7) is 0.899. The van der Waals surface area contributed by atoms with Gasteiger partial charge in [-0.2, -0.15) is 0 Å². The highest BCUT2D eigenvalue weighted by atomic mass is 16.5. The highest BCUT2D eigenvalue weighted by molar-refractivity contribution is 6.04. The van der Waals surface area contributed by atoms with Crippen LogP contribution in [0.5, 0.6) is 5.75 Å². The van der Waals surface area contributed by atoms with Gasteiger partial charge >= 0.3 is 0 Å². The van der Waals surface area contributed by atoms with E-state index >= 15 is 0 Å². The summed E-state index contributed by atoms with van der Waals surface area (Å²) >= 11 is 0. The molecule has 8 heteroatoms. The maximum Gasteiger partial charge on any atom is 0.265 e. The standard InChI is InChI=1S/C18H23N3O5/c1-20(2)18(24)12-5-6-15-14(8-12)21(17(23)11-26-15)10-16(22)19-9-13-4-3-7-25-13/h5-6,8,13H,3-4,7,9-11H2,1-2H3,(H,19,22). The molecule has 1 saturated heterocycles.